The predicted molar refractivity (Wildman–Crippen MR) is 94.7 cm³/mol. The first-order valence-corrected chi connectivity index (χ1v) is 10.1. The van der Waals surface area contributed by atoms with E-state index >= 15 is 0 Å². The van der Waals surface area contributed by atoms with Gasteiger partial charge in [-0.05, 0) is 42.9 Å². The van der Waals surface area contributed by atoms with Gasteiger partial charge in [-0.15, -0.1) is 0 Å². The summed E-state index contributed by atoms with van der Waals surface area (Å²) in [6.07, 6.45) is 1.63. The molecule has 0 aromatic heterocycles. The summed E-state index contributed by atoms with van der Waals surface area (Å²) >= 11 is 7.33. The van der Waals surface area contributed by atoms with Crippen molar-refractivity contribution in [1.29, 1.82) is 0 Å². The van der Waals surface area contributed by atoms with Gasteiger partial charge in [-0.2, -0.15) is 11.8 Å². The lowest BCUT2D eigenvalue weighted by Gasteiger charge is -2.21. The molecule has 0 heterocycles. The fraction of sp³-hybridized carbons (Fsp3) is 0.533. The van der Waals surface area contributed by atoms with Gasteiger partial charge in [-0.1, -0.05) is 25.4 Å². The molecule has 1 aromatic rings. The monoisotopic (exact) mass is 379 g/mol. The second-order valence-corrected chi connectivity index (χ2v) is 9.74. The molecular weight excluding hydrogens is 358 g/mol. The van der Waals surface area contributed by atoms with Crippen molar-refractivity contribution >= 4 is 39.4 Å². The second-order valence-electron chi connectivity index (χ2n) is 5.74. The number of nitrogens with one attached hydrogen (secondary N) is 1. The van der Waals surface area contributed by atoms with E-state index in [4.69, 9.17) is 16.7 Å². The molecule has 0 saturated heterocycles. The number of aliphatic carboxylic acids is 1. The molecule has 0 bridgehead atoms. The molecular formula is C15H22ClNO4S2. The molecule has 0 atom stereocenters. The van der Waals surface area contributed by atoms with E-state index in [0.717, 1.165) is 12.2 Å². The van der Waals surface area contributed by atoms with Crippen LogP contribution in [0.4, 0.5) is 0 Å². The van der Waals surface area contributed by atoms with Crippen molar-refractivity contribution in [3.05, 3.63) is 29.3 Å². The molecule has 1 aromatic carbocycles. The third-order valence-corrected chi connectivity index (χ3v) is 6.20. The minimum absolute atomic E-state index is 0.112. The summed E-state index contributed by atoms with van der Waals surface area (Å²) in [6, 6.07) is 6.01. The van der Waals surface area contributed by atoms with Gasteiger partial charge in [0.15, 0.2) is 0 Å². The van der Waals surface area contributed by atoms with Crippen molar-refractivity contribution in [3.63, 3.8) is 0 Å². The average Bonchev–Trinajstić information content (AvgIpc) is 2.41. The number of thioether (sulfide) groups is 1. The van der Waals surface area contributed by atoms with Gasteiger partial charge >= 0.3 is 5.97 Å². The van der Waals surface area contributed by atoms with Gasteiger partial charge < -0.3 is 5.11 Å². The molecule has 0 aliphatic heterocycles. The quantitative estimate of drug-likeness (QED) is 0.609. The van der Waals surface area contributed by atoms with E-state index in [9.17, 15) is 13.2 Å². The second kappa shape index (κ2) is 8.92. The highest BCUT2D eigenvalue weighted by atomic mass is 35.5. The Bertz CT molecular complexity index is 615. The standard InChI is InChI=1S/C15H22ClNO4S2/c1-15(2,11-14(18)19)22-10-4-3-9-17-23(20,21)13-7-5-12(16)6-8-13/h5-8,17H,3-4,9-11H2,1-2H3,(H,18,19). The van der Waals surface area contributed by atoms with Crippen LogP contribution in [-0.2, 0) is 14.8 Å². The van der Waals surface area contributed by atoms with Crippen molar-refractivity contribution in [2.24, 2.45) is 0 Å². The van der Waals surface area contributed by atoms with E-state index in [1.807, 2.05) is 13.8 Å². The number of carboxylic acid groups (broad SMARTS) is 1. The summed E-state index contributed by atoms with van der Waals surface area (Å²) < 4.78 is 26.3. The third kappa shape index (κ3) is 8.06. The summed E-state index contributed by atoms with van der Waals surface area (Å²) in [5.41, 5.74) is 0. The fourth-order valence-corrected chi connectivity index (χ4v) is 4.22. The van der Waals surface area contributed by atoms with Crippen LogP contribution < -0.4 is 4.72 Å². The van der Waals surface area contributed by atoms with E-state index in [0.29, 0.717) is 18.0 Å². The van der Waals surface area contributed by atoms with Crippen LogP contribution in [0.1, 0.15) is 33.1 Å². The van der Waals surface area contributed by atoms with Crippen LogP contribution in [-0.4, -0.2) is 36.5 Å². The summed E-state index contributed by atoms with van der Waals surface area (Å²) in [6.45, 7) is 4.15. The molecule has 5 nitrogen and oxygen atoms in total. The van der Waals surface area contributed by atoms with Crippen LogP contribution >= 0.6 is 23.4 Å². The first-order chi connectivity index (χ1) is 10.6. The molecule has 23 heavy (non-hydrogen) atoms. The molecule has 130 valence electrons. The molecule has 0 saturated carbocycles. The highest BCUT2D eigenvalue weighted by Gasteiger charge is 2.21. The molecule has 0 spiro atoms. The Morgan fingerprint density at radius 3 is 2.43 bits per heavy atom. The Kier molecular flexibility index (Phi) is 7.86. The molecule has 0 aliphatic rings. The highest BCUT2D eigenvalue weighted by Crippen LogP contribution is 2.28. The average molecular weight is 380 g/mol. The maximum atomic E-state index is 12.0. The van der Waals surface area contributed by atoms with Gasteiger partial charge in [0.1, 0.15) is 0 Å². The third-order valence-electron chi connectivity index (χ3n) is 3.06. The predicted octanol–water partition coefficient (Wildman–Crippen LogP) is 3.39. The van der Waals surface area contributed by atoms with Gasteiger partial charge in [0.25, 0.3) is 0 Å². The normalized spacial score (nSPS) is 12.3. The Balaban J connectivity index is 2.29. The lowest BCUT2D eigenvalue weighted by molar-refractivity contribution is -0.137. The topological polar surface area (TPSA) is 83.5 Å². The number of sulfonamides is 1. The molecule has 0 amide bonds. The summed E-state index contributed by atoms with van der Waals surface area (Å²) in [5.74, 6) is -0.0126. The molecule has 8 heteroatoms. The number of carboxylic acids is 1. The number of hydrogen-bond acceptors (Lipinski definition) is 4. The van der Waals surface area contributed by atoms with Crippen LogP contribution in [0.3, 0.4) is 0 Å². The lowest BCUT2D eigenvalue weighted by atomic mass is 10.1. The lowest BCUT2D eigenvalue weighted by Crippen LogP contribution is -2.25. The van der Waals surface area contributed by atoms with E-state index in [-0.39, 0.29) is 16.1 Å². The SMILES string of the molecule is CC(C)(CC(=O)O)SCCCCNS(=O)(=O)c1ccc(Cl)cc1. The maximum Gasteiger partial charge on any atom is 0.304 e. The fourth-order valence-electron chi connectivity index (χ4n) is 1.89. The van der Waals surface area contributed by atoms with Crippen molar-refractivity contribution in [3.8, 4) is 0 Å². The molecule has 0 unspecified atom stereocenters. The van der Waals surface area contributed by atoms with Gasteiger partial charge in [0.2, 0.25) is 10.0 Å². The van der Waals surface area contributed by atoms with Gasteiger partial charge in [0.05, 0.1) is 11.3 Å². The van der Waals surface area contributed by atoms with Crippen LogP contribution in [0, 0.1) is 0 Å². The van der Waals surface area contributed by atoms with Crippen LogP contribution in [0.5, 0.6) is 0 Å². The molecule has 0 fully saturated rings. The number of carbonyl (C=O) groups is 1. The first kappa shape index (κ1) is 20.3. The van der Waals surface area contributed by atoms with Crippen molar-refractivity contribution in [1.82, 2.24) is 4.72 Å². The van der Waals surface area contributed by atoms with Crippen molar-refractivity contribution in [2.75, 3.05) is 12.3 Å². The summed E-state index contributed by atoms with van der Waals surface area (Å²) in [4.78, 5) is 10.9. The number of unbranched alkanes of at least 4 members (excludes halogenated alkanes) is 1. The number of halogens is 1. The summed E-state index contributed by atoms with van der Waals surface area (Å²) in [5, 5.41) is 9.30. The van der Waals surface area contributed by atoms with E-state index in [1.54, 1.807) is 11.8 Å². The number of hydrogen-bond donors (Lipinski definition) is 2. The Morgan fingerprint density at radius 2 is 1.87 bits per heavy atom. The molecule has 1 rings (SSSR count). The molecule has 0 aliphatic carbocycles. The minimum Gasteiger partial charge on any atom is -0.481 e. The van der Waals surface area contributed by atoms with Gasteiger partial charge in [0, 0.05) is 16.3 Å². The number of benzene rings is 1. The van der Waals surface area contributed by atoms with E-state index in [1.165, 1.54) is 24.3 Å². The van der Waals surface area contributed by atoms with Gasteiger partial charge in [-0.3, -0.25) is 4.79 Å². The van der Waals surface area contributed by atoms with E-state index in [2.05, 4.69) is 4.72 Å². The first-order valence-electron chi connectivity index (χ1n) is 7.23. The van der Waals surface area contributed by atoms with Gasteiger partial charge in [-0.25, -0.2) is 13.1 Å². The number of rotatable bonds is 10. The highest BCUT2D eigenvalue weighted by molar-refractivity contribution is 8.00. The van der Waals surface area contributed by atoms with Crippen molar-refractivity contribution in [2.45, 2.75) is 42.8 Å². The zero-order valence-corrected chi connectivity index (χ0v) is 15.6. The Morgan fingerprint density at radius 1 is 1.26 bits per heavy atom. The summed E-state index contributed by atoms with van der Waals surface area (Å²) in [7, 11) is -3.50. The largest absolute Gasteiger partial charge is 0.481 e. The Hall–Kier alpha value is -0.760. The zero-order valence-electron chi connectivity index (χ0n) is 13.2. The van der Waals surface area contributed by atoms with Crippen LogP contribution in [0.15, 0.2) is 29.2 Å². The Labute approximate surface area is 146 Å². The smallest absolute Gasteiger partial charge is 0.304 e. The zero-order chi connectivity index (χ0) is 17.5. The van der Waals surface area contributed by atoms with Crippen molar-refractivity contribution < 1.29 is 18.3 Å². The van der Waals surface area contributed by atoms with Crippen LogP contribution in [0.2, 0.25) is 5.02 Å². The maximum absolute atomic E-state index is 12.0. The van der Waals surface area contributed by atoms with E-state index < -0.39 is 16.0 Å². The molecule has 0 radical (unpaired) electrons. The van der Waals surface area contributed by atoms with Crippen LogP contribution in [0.25, 0.3) is 0 Å². The minimum atomic E-state index is -3.50. The molecule has 2 N–H and O–H groups in total.